The third-order valence-corrected chi connectivity index (χ3v) is 4.50. The van der Waals surface area contributed by atoms with Crippen LogP contribution in [0.1, 0.15) is 42.1 Å². The van der Waals surface area contributed by atoms with Crippen LogP contribution in [0.5, 0.6) is 5.75 Å². The summed E-state index contributed by atoms with van der Waals surface area (Å²) in [7, 11) is 1.65. The third-order valence-electron chi connectivity index (χ3n) is 2.93. The average Bonchev–Trinajstić information content (AvgIpc) is 2.87. The number of aromatic nitrogens is 1. The first-order valence-corrected chi connectivity index (χ1v) is 7.74. The van der Waals surface area contributed by atoms with Crippen LogP contribution in [-0.4, -0.2) is 12.1 Å². The Morgan fingerprint density at radius 3 is 2.63 bits per heavy atom. The minimum absolute atomic E-state index is 0.195. The van der Waals surface area contributed by atoms with Crippen LogP contribution in [0.3, 0.4) is 0 Å². The van der Waals surface area contributed by atoms with E-state index in [1.165, 1.54) is 0 Å². The van der Waals surface area contributed by atoms with Crippen molar-refractivity contribution in [3.63, 3.8) is 0 Å². The van der Waals surface area contributed by atoms with E-state index >= 15 is 0 Å². The highest BCUT2D eigenvalue weighted by Gasteiger charge is 2.15. The van der Waals surface area contributed by atoms with Gasteiger partial charge in [0, 0.05) is 5.38 Å². The number of nitrogens with zero attached hydrogens (tertiary/aromatic N) is 1. The molecule has 0 radical (unpaired) electrons. The summed E-state index contributed by atoms with van der Waals surface area (Å²) in [6.45, 7) is 4.27. The molecule has 0 amide bonds. The molecule has 1 aromatic heterocycles. The number of halogens is 1. The quantitative estimate of drug-likeness (QED) is 0.911. The molecule has 1 aromatic carbocycles. The molecule has 19 heavy (non-hydrogen) atoms. The van der Waals surface area contributed by atoms with Crippen molar-refractivity contribution in [1.29, 1.82) is 0 Å². The molecule has 2 aromatic rings. The fourth-order valence-corrected chi connectivity index (χ4v) is 3.29. The summed E-state index contributed by atoms with van der Waals surface area (Å²) in [5, 5.41) is 3.03. The lowest BCUT2D eigenvalue weighted by Gasteiger charge is -2.11. The number of thiazole rings is 1. The molecule has 0 aliphatic heterocycles. The summed E-state index contributed by atoms with van der Waals surface area (Å²) >= 11 is 5.09. The SMILES string of the molecule is COc1ccc(C(N)c2nc(C(C)C)cs2)cc1Br. The second-order valence-corrected chi connectivity index (χ2v) is 6.38. The van der Waals surface area contributed by atoms with Crippen LogP contribution < -0.4 is 10.5 Å². The largest absolute Gasteiger partial charge is 0.496 e. The lowest BCUT2D eigenvalue weighted by molar-refractivity contribution is 0.412. The predicted molar refractivity (Wildman–Crippen MR) is 82.9 cm³/mol. The first kappa shape index (κ1) is 14.5. The van der Waals surface area contributed by atoms with E-state index < -0.39 is 0 Å². The molecule has 0 spiro atoms. The van der Waals surface area contributed by atoms with E-state index in [2.05, 4.69) is 40.1 Å². The van der Waals surface area contributed by atoms with Crippen LogP contribution in [0.25, 0.3) is 0 Å². The second kappa shape index (κ2) is 6.03. The Morgan fingerprint density at radius 1 is 1.37 bits per heavy atom. The van der Waals surface area contributed by atoms with Gasteiger partial charge in [0.1, 0.15) is 10.8 Å². The van der Waals surface area contributed by atoms with E-state index in [9.17, 15) is 0 Å². The van der Waals surface area contributed by atoms with E-state index in [4.69, 9.17) is 10.5 Å². The van der Waals surface area contributed by atoms with Gasteiger partial charge >= 0.3 is 0 Å². The Bertz CT molecular complexity index is 568. The van der Waals surface area contributed by atoms with E-state index in [0.717, 1.165) is 26.5 Å². The lowest BCUT2D eigenvalue weighted by Crippen LogP contribution is -2.11. The maximum atomic E-state index is 6.28. The first-order chi connectivity index (χ1) is 9.02. The molecule has 102 valence electrons. The number of methoxy groups -OCH3 is 1. The lowest BCUT2D eigenvalue weighted by atomic mass is 10.1. The molecular formula is C14H17BrN2OS. The fourth-order valence-electron chi connectivity index (χ4n) is 1.73. The summed E-state index contributed by atoms with van der Waals surface area (Å²) in [6, 6.07) is 5.68. The first-order valence-electron chi connectivity index (χ1n) is 6.07. The minimum atomic E-state index is -0.195. The van der Waals surface area contributed by atoms with Gasteiger partial charge in [-0.2, -0.15) is 0 Å². The Kier molecular flexibility index (Phi) is 4.60. The smallest absolute Gasteiger partial charge is 0.133 e. The summed E-state index contributed by atoms with van der Waals surface area (Å²) in [5.74, 6) is 1.23. The van der Waals surface area contributed by atoms with Crippen molar-refractivity contribution in [2.75, 3.05) is 7.11 Å². The van der Waals surface area contributed by atoms with Crippen LogP contribution in [0.2, 0.25) is 0 Å². The van der Waals surface area contributed by atoms with Gasteiger partial charge in [0.05, 0.1) is 23.3 Å². The zero-order chi connectivity index (χ0) is 14.0. The molecule has 1 heterocycles. The highest BCUT2D eigenvalue weighted by molar-refractivity contribution is 9.10. The molecule has 2 N–H and O–H groups in total. The number of hydrogen-bond acceptors (Lipinski definition) is 4. The van der Waals surface area contributed by atoms with E-state index in [0.29, 0.717) is 5.92 Å². The average molecular weight is 341 g/mol. The van der Waals surface area contributed by atoms with Gasteiger partial charge in [-0.15, -0.1) is 11.3 Å². The maximum Gasteiger partial charge on any atom is 0.133 e. The molecule has 2 rings (SSSR count). The Labute approximate surface area is 125 Å². The number of hydrogen-bond donors (Lipinski definition) is 1. The van der Waals surface area contributed by atoms with Crippen molar-refractivity contribution in [3.05, 3.63) is 44.3 Å². The summed E-state index contributed by atoms with van der Waals surface area (Å²) in [6.07, 6.45) is 0. The highest BCUT2D eigenvalue weighted by atomic mass is 79.9. The standard InChI is InChI=1S/C14H17BrN2OS/c1-8(2)11-7-19-14(17-11)13(16)9-4-5-12(18-3)10(15)6-9/h4-8,13H,16H2,1-3H3. The number of ether oxygens (including phenoxy) is 1. The molecule has 0 saturated heterocycles. The van der Waals surface area contributed by atoms with Crippen LogP contribution in [-0.2, 0) is 0 Å². The molecule has 5 heteroatoms. The zero-order valence-electron chi connectivity index (χ0n) is 11.2. The van der Waals surface area contributed by atoms with Crippen molar-refractivity contribution < 1.29 is 4.74 Å². The number of benzene rings is 1. The molecule has 3 nitrogen and oxygen atoms in total. The predicted octanol–water partition coefficient (Wildman–Crippen LogP) is 4.09. The highest BCUT2D eigenvalue weighted by Crippen LogP contribution is 2.31. The van der Waals surface area contributed by atoms with Gasteiger partial charge in [-0.3, -0.25) is 0 Å². The van der Waals surface area contributed by atoms with Crippen LogP contribution >= 0.6 is 27.3 Å². The number of nitrogens with two attached hydrogens (primary N) is 1. The second-order valence-electron chi connectivity index (χ2n) is 4.64. The molecule has 1 unspecified atom stereocenters. The van der Waals surface area contributed by atoms with Gasteiger partial charge in [-0.1, -0.05) is 19.9 Å². The molecule has 0 saturated carbocycles. The van der Waals surface area contributed by atoms with E-state index in [-0.39, 0.29) is 6.04 Å². The Hall–Kier alpha value is -0.910. The molecule has 1 atom stereocenters. The Morgan fingerprint density at radius 2 is 2.11 bits per heavy atom. The minimum Gasteiger partial charge on any atom is -0.496 e. The topological polar surface area (TPSA) is 48.1 Å². The normalized spacial score (nSPS) is 12.7. The van der Waals surface area contributed by atoms with Gasteiger partial charge in [-0.05, 0) is 39.5 Å². The van der Waals surface area contributed by atoms with Gasteiger partial charge in [0.15, 0.2) is 0 Å². The summed E-state index contributed by atoms with van der Waals surface area (Å²) in [5.41, 5.74) is 8.40. The molecule has 0 aliphatic carbocycles. The van der Waals surface area contributed by atoms with Crippen LogP contribution in [0.15, 0.2) is 28.1 Å². The van der Waals surface area contributed by atoms with E-state index in [1.54, 1.807) is 18.4 Å². The number of rotatable bonds is 4. The molecule has 0 bridgehead atoms. The van der Waals surface area contributed by atoms with Crippen molar-refractivity contribution >= 4 is 27.3 Å². The maximum absolute atomic E-state index is 6.28. The Balaban J connectivity index is 2.27. The van der Waals surface area contributed by atoms with Gasteiger partial charge in [-0.25, -0.2) is 4.98 Å². The fraction of sp³-hybridized carbons (Fsp3) is 0.357. The molecule has 0 aliphatic rings. The van der Waals surface area contributed by atoms with E-state index in [1.807, 2.05) is 18.2 Å². The summed E-state index contributed by atoms with van der Waals surface area (Å²) < 4.78 is 6.13. The van der Waals surface area contributed by atoms with Gasteiger partial charge in [0.2, 0.25) is 0 Å². The summed E-state index contributed by atoms with van der Waals surface area (Å²) in [4.78, 5) is 4.61. The van der Waals surface area contributed by atoms with Gasteiger partial charge < -0.3 is 10.5 Å². The van der Waals surface area contributed by atoms with Crippen molar-refractivity contribution in [3.8, 4) is 5.75 Å². The van der Waals surface area contributed by atoms with Crippen LogP contribution in [0.4, 0.5) is 0 Å². The van der Waals surface area contributed by atoms with Crippen LogP contribution in [0, 0.1) is 0 Å². The zero-order valence-corrected chi connectivity index (χ0v) is 13.6. The third kappa shape index (κ3) is 3.16. The van der Waals surface area contributed by atoms with Crippen molar-refractivity contribution in [2.24, 2.45) is 5.73 Å². The molecular weight excluding hydrogens is 324 g/mol. The van der Waals surface area contributed by atoms with Crippen molar-refractivity contribution in [2.45, 2.75) is 25.8 Å². The molecule has 0 fully saturated rings. The monoisotopic (exact) mass is 340 g/mol. The van der Waals surface area contributed by atoms with Gasteiger partial charge in [0.25, 0.3) is 0 Å². The van der Waals surface area contributed by atoms with Crippen molar-refractivity contribution in [1.82, 2.24) is 4.98 Å².